The largest absolute Gasteiger partial charge is 0.495 e. The van der Waals surface area contributed by atoms with Crippen LogP contribution in [-0.2, 0) is 22.6 Å². The standard InChI is InChI=1S/C23H23Cl2N5O3S/c1-4-9-30-20(12-21(31)26-16-7-5-14(2)17(25)11-16)28-29-23(30)34-13-22(32)27-18-10-15(24)6-8-19(18)33-3/h4-8,10-11H,1,9,12-13H2,2-3H3,(H,26,31)(H,27,32). The number of anilines is 2. The molecular weight excluding hydrogens is 497 g/mol. The van der Waals surface area contributed by atoms with E-state index in [4.69, 9.17) is 27.9 Å². The summed E-state index contributed by atoms with van der Waals surface area (Å²) < 4.78 is 6.99. The van der Waals surface area contributed by atoms with Gasteiger partial charge in [0.05, 0.1) is 25.0 Å². The maximum Gasteiger partial charge on any atom is 0.234 e. The number of nitrogens with zero attached hydrogens (tertiary/aromatic N) is 3. The van der Waals surface area contributed by atoms with Gasteiger partial charge in [0.2, 0.25) is 11.8 Å². The van der Waals surface area contributed by atoms with Gasteiger partial charge in [-0.25, -0.2) is 0 Å². The number of methoxy groups -OCH3 is 1. The maximum absolute atomic E-state index is 12.5. The number of aromatic nitrogens is 3. The van der Waals surface area contributed by atoms with Crippen LogP contribution in [0.4, 0.5) is 11.4 Å². The Kier molecular flexibility index (Phi) is 8.98. The summed E-state index contributed by atoms with van der Waals surface area (Å²) in [6.45, 7) is 6.03. The molecule has 1 heterocycles. The van der Waals surface area contributed by atoms with Gasteiger partial charge in [-0.2, -0.15) is 0 Å². The van der Waals surface area contributed by atoms with Gasteiger partial charge in [0.1, 0.15) is 11.6 Å². The third-order valence-electron chi connectivity index (χ3n) is 4.65. The molecule has 0 bridgehead atoms. The van der Waals surface area contributed by atoms with E-state index < -0.39 is 0 Å². The first-order valence-electron chi connectivity index (χ1n) is 10.2. The van der Waals surface area contributed by atoms with Crippen LogP contribution < -0.4 is 15.4 Å². The van der Waals surface area contributed by atoms with Gasteiger partial charge in [-0.05, 0) is 42.8 Å². The Labute approximate surface area is 211 Å². The molecular formula is C23H23Cl2N5O3S. The molecule has 2 aromatic carbocycles. The van der Waals surface area contributed by atoms with Crippen molar-refractivity contribution in [3.05, 3.63) is 70.5 Å². The van der Waals surface area contributed by atoms with Crippen LogP contribution in [0.1, 0.15) is 11.4 Å². The van der Waals surface area contributed by atoms with Crippen molar-refractivity contribution in [1.29, 1.82) is 0 Å². The predicted octanol–water partition coefficient (Wildman–Crippen LogP) is 5.00. The SMILES string of the molecule is C=CCn1c(CC(=O)Nc2ccc(C)c(Cl)c2)nnc1SCC(=O)Nc1cc(Cl)ccc1OC. The molecule has 0 fully saturated rings. The Hall–Kier alpha value is -3.01. The van der Waals surface area contributed by atoms with Gasteiger partial charge >= 0.3 is 0 Å². The highest BCUT2D eigenvalue weighted by molar-refractivity contribution is 7.99. The van der Waals surface area contributed by atoms with E-state index in [9.17, 15) is 9.59 Å². The van der Waals surface area contributed by atoms with Crippen molar-refractivity contribution in [3.63, 3.8) is 0 Å². The molecule has 0 atom stereocenters. The first-order valence-corrected chi connectivity index (χ1v) is 11.9. The lowest BCUT2D eigenvalue weighted by molar-refractivity contribution is -0.116. The van der Waals surface area contributed by atoms with E-state index in [2.05, 4.69) is 27.4 Å². The lowest BCUT2D eigenvalue weighted by Gasteiger charge is -2.11. The summed E-state index contributed by atoms with van der Waals surface area (Å²) in [4.78, 5) is 25.0. The highest BCUT2D eigenvalue weighted by atomic mass is 35.5. The fraction of sp³-hybridized carbons (Fsp3) is 0.217. The van der Waals surface area contributed by atoms with Crippen LogP contribution in [0.3, 0.4) is 0 Å². The molecule has 1 aromatic heterocycles. The zero-order valence-corrected chi connectivity index (χ0v) is 20.9. The van der Waals surface area contributed by atoms with Crippen LogP contribution in [0.15, 0.2) is 54.2 Å². The van der Waals surface area contributed by atoms with Gasteiger partial charge in [0, 0.05) is 22.3 Å². The van der Waals surface area contributed by atoms with Crippen molar-refractivity contribution in [2.75, 3.05) is 23.5 Å². The third-order valence-corrected chi connectivity index (χ3v) is 6.26. The molecule has 0 spiro atoms. The number of rotatable bonds is 10. The smallest absolute Gasteiger partial charge is 0.234 e. The molecule has 0 unspecified atom stereocenters. The second kappa shape index (κ2) is 11.9. The number of halogens is 2. The molecule has 0 aliphatic heterocycles. The topological polar surface area (TPSA) is 98.1 Å². The van der Waals surface area contributed by atoms with Gasteiger partial charge < -0.3 is 19.9 Å². The minimum absolute atomic E-state index is 0.00119. The van der Waals surface area contributed by atoms with Gasteiger partial charge in [0.25, 0.3) is 0 Å². The zero-order valence-electron chi connectivity index (χ0n) is 18.6. The third kappa shape index (κ3) is 6.75. The summed E-state index contributed by atoms with van der Waals surface area (Å²) in [7, 11) is 1.51. The summed E-state index contributed by atoms with van der Waals surface area (Å²) in [5.74, 6) is 0.490. The van der Waals surface area contributed by atoms with Crippen molar-refractivity contribution < 1.29 is 14.3 Å². The van der Waals surface area contributed by atoms with Gasteiger partial charge in [0.15, 0.2) is 5.16 Å². The monoisotopic (exact) mass is 519 g/mol. The Morgan fingerprint density at radius 3 is 2.65 bits per heavy atom. The van der Waals surface area contributed by atoms with Crippen LogP contribution in [0.5, 0.6) is 5.75 Å². The van der Waals surface area contributed by atoms with Crippen molar-refractivity contribution in [3.8, 4) is 5.75 Å². The molecule has 3 rings (SSSR count). The molecule has 2 N–H and O–H groups in total. The van der Waals surface area contributed by atoms with Gasteiger partial charge in [-0.1, -0.05) is 47.1 Å². The quantitative estimate of drug-likeness (QED) is 0.289. The fourth-order valence-electron chi connectivity index (χ4n) is 2.98. The predicted molar refractivity (Wildman–Crippen MR) is 136 cm³/mol. The van der Waals surface area contributed by atoms with E-state index in [0.29, 0.717) is 44.7 Å². The van der Waals surface area contributed by atoms with Crippen molar-refractivity contribution in [2.24, 2.45) is 0 Å². The van der Waals surface area contributed by atoms with E-state index in [1.165, 1.54) is 18.9 Å². The number of carbonyl (C=O) groups excluding carboxylic acids is 2. The molecule has 0 saturated carbocycles. The van der Waals surface area contributed by atoms with Crippen molar-refractivity contribution >= 4 is 58.2 Å². The number of nitrogens with one attached hydrogen (secondary N) is 2. The lowest BCUT2D eigenvalue weighted by Crippen LogP contribution is -2.18. The summed E-state index contributed by atoms with van der Waals surface area (Å²) >= 11 is 13.3. The summed E-state index contributed by atoms with van der Waals surface area (Å²) in [6, 6.07) is 10.3. The number of carbonyl (C=O) groups is 2. The molecule has 34 heavy (non-hydrogen) atoms. The number of aryl methyl sites for hydroxylation is 1. The van der Waals surface area contributed by atoms with Crippen LogP contribution in [0.2, 0.25) is 10.0 Å². The van der Waals surface area contributed by atoms with Crippen LogP contribution in [-0.4, -0.2) is 39.4 Å². The number of amides is 2. The van der Waals surface area contributed by atoms with E-state index >= 15 is 0 Å². The molecule has 0 saturated heterocycles. The Morgan fingerprint density at radius 1 is 1.15 bits per heavy atom. The van der Waals surface area contributed by atoms with Gasteiger partial charge in [-0.15, -0.1) is 16.8 Å². The zero-order chi connectivity index (χ0) is 24.7. The van der Waals surface area contributed by atoms with Crippen LogP contribution in [0, 0.1) is 6.92 Å². The highest BCUT2D eigenvalue weighted by Gasteiger charge is 2.17. The van der Waals surface area contributed by atoms with E-state index in [1.807, 2.05) is 13.0 Å². The van der Waals surface area contributed by atoms with Crippen LogP contribution in [0.25, 0.3) is 0 Å². The molecule has 11 heteroatoms. The first-order chi connectivity index (χ1) is 16.3. The summed E-state index contributed by atoms with van der Waals surface area (Å²) in [6.07, 6.45) is 1.67. The van der Waals surface area contributed by atoms with Crippen molar-refractivity contribution in [2.45, 2.75) is 25.0 Å². The number of benzene rings is 2. The maximum atomic E-state index is 12.5. The molecule has 0 aliphatic rings. The Balaban J connectivity index is 1.64. The normalized spacial score (nSPS) is 10.6. The minimum Gasteiger partial charge on any atom is -0.495 e. The minimum atomic E-state index is -0.269. The number of hydrogen-bond donors (Lipinski definition) is 2. The Morgan fingerprint density at radius 2 is 1.94 bits per heavy atom. The molecule has 3 aromatic rings. The average molecular weight is 520 g/mol. The highest BCUT2D eigenvalue weighted by Crippen LogP contribution is 2.28. The molecule has 2 amide bonds. The molecule has 178 valence electrons. The fourth-order valence-corrected chi connectivity index (χ4v) is 4.10. The average Bonchev–Trinajstić information content (AvgIpc) is 3.16. The first kappa shape index (κ1) is 25.6. The number of ether oxygens (including phenoxy) is 1. The molecule has 0 aliphatic carbocycles. The van der Waals surface area contributed by atoms with E-state index in [1.54, 1.807) is 41.0 Å². The number of thioether (sulfide) groups is 1. The Bertz CT molecular complexity index is 1220. The number of hydrogen-bond acceptors (Lipinski definition) is 6. The lowest BCUT2D eigenvalue weighted by atomic mass is 10.2. The molecule has 8 nitrogen and oxygen atoms in total. The van der Waals surface area contributed by atoms with Gasteiger partial charge in [-0.3, -0.25) is 9.59 Å². The van der Waals surface area contributed by atoms with Crippen LogP contribution >= 0.6 is 35.0 Å². The second-order valence-electron chi connectivity index (χ2n) is 7.17. The van der Waals surface area contributed by atoms with E-state index in [0.717, 1.165) is 5.56 Å². The second-order valence-corrected chi connectivity index (χ2v) is 8.95. The van der Waals surface area contributed by atoms with E-state index in [-0.39, 0.29) is 24.0 Å². The summed E-state index contributed by atoms with van der Waals surface area (Å²) in [5.41, 5.74) is 1.99. The summed E-state index contributed by atoms with van der Waals surface area (Å²) in [5, 5.41) is 15.4. The molecule has 0 radical (unpaired) electrons. The van der Waals surface area contributed by atoms with Crippen molar-refractivity contribution in [1.82, 2.24) is 14.8 Å². The number of allylic oxidation sites excluding steroid dienone is 1.